The molecule has 1 aromatic carbocycles. The summed E-state index contributed by atoms with van der Waals surface area (Å²) >= 11 is 2.04. The topological polar surface area (TPSA) is 40.5 Å². The van der Waals surface area contributed by atoms with E-state index in [9.17, 15) is 0 Å². The number of hydrogen-bond donors (Lipinski definition) is 1. The number of aromatic nitrogens is 1. The molecule has 1 fully saturated rings. The number of rotatable bonds is 3. The van der Waals surface area contributed by atoms with Gasteiger partial charge in [-0.15, -0.1) is 0 Å². The highest BCUT2D eigenvalue weighted by Crippen LogP contribution is 2.29. The second kappa shape index (κ2) is 7.43. The standard InChI is InChI=1S/C19H26N4S/c1-19(2)14-23(12-13-24-19)18(20-3)21-11-10-16-9-8-15-6-4-5-7-17(15)22-16/h4-9H,10-14H2,1-3H3,(H,20,21). The van der Waals surface area contributed by atoms with Crippen LogP contribution in [0.1, 0.15) is 19.5 Å². The Morgan fingerprint density at radius 3 is 2.92 bits per heavy atom. The first-order chi connectivity index (χ1) is 11.6. The molecule has 1 N–H and O–H groups in total. The number of benzene rings is 1. The number of hydrogen-bond acceptors (Lipinski definition) is 3. The van der Waals surface area contributed by atoms with Crippen molar-refractivity contribution in [1.82, 2.24) is 15.2 Å². The number of para-hydroxylation sites is 1. The number of pyridine rings is 1. The van der Waals surface area contributed by atoms with Crippen LogP contribution in [0.25, 0.3) is 10.9 Å². The minimum Gasteiger partial charge on any atom is -0.356 e. The van der Waals surface area contributed by atoms with Crippen LogP contribution < -0.4 is 5.32 Å². The molecule has 0 amide bonds. The Bertz CT molecular complexity index is 726. The molecule has 1 aromatic heterocycles. The molecule has 0 bridgehead atoms. The van der Waals surface area contributed by atoms with E-state index in [0.29, 0.717) is 0 Å². The first-order valence-electron chi connectivity index (χ1n) is 8.52. The maximum atomic E-state index is 4.74. The summed E-state index contributed by atoms with van der Waals surface area (Å²) in [6.45, 7) is 7.54. The molecule has 5 heteroatoms. The van der Waals surface area contributed by atoms with Crippen molar-refractivity contribution >= 4 is 28.6 Å². The van der Waals surface area contributed by atoms with Crippen LogP contribution >= 0.6 is 11.8 Å². The van der Waals surface area contributed by atoms with Crippen LogP contribution in [-0.2, 0) is 6.42 Å². The van der Waals surface area contributed by atoms with Gasteiger partial charge in [0.25, 0.3) is 0 Å². The third-order valence-electron chi connectivity index (χ3n) is 4.26. The average Bonchev–Trinajstić information content (AvgIpc) is 2.57. The van der Waals surface area contributed by atoms with E-state index in [2.05, 4.69) is 53.3 Å². The van der Waals surface area contributed by atoms with Crippen LogP contribution in [0.4, 0.5) is 0 Å². The van der Waals surface area contributed by atoms with Gasteiger partial charge in [0.2, 0.25) is 0 Å². The first kappa shape index (κ1) is 17.1. The van der Waals surface area contributed by atoms with Gasteiger partial charge < -0.3 is 10.2 Å². The lowest BCUT2D eigenvalue weighted by Gasteiger charge is -2.39. The van der Waals surface area contributed by atoms with Crippen LogP contribution in [0.15, 0.2) is 41.4 Å². The molecule has 0 atom stereocenters. The lowest BCUT2D eigenvalue weighted by molar-refractivity contribution is 0.376. The number of guanidine groups is 1. The zero-order valence-electron chi connectivity index (χ0n) is 14.7. The summed E-state index contributed by atoms with van der Waals surface area (Å²) in [5, 5.41) is 4.69. The summed E-state index contributed by atoms with van der Waals surface area (Å²) in [4.78, 5) is 11.6. The first-order valence-corrected chi connectivity index (χ1v) is 9.50. The van der Waals surface area contributed by atoms with Gasteiger partial charge >= 0.3 is 0 Å². The van der Waals surface area contributed by atoms with Gasteiger partial charge in [-0.1, -0.05) is 24.3 Å². The molecule has 1 saturated heterocycles. The molecule has 4 nitrogen and oxygen atoms in total. The van der Waals surface area contributed by atoms with E-state index in [-0.39, 0.29) is 4.75 Å². The normalized spacial score (nSPS) is 18.0. The fourth-order valence-electron chi connectivity index (χ4n) is 3.08. The summed E-state index contributed by atoms with van der Waals surface area (Å²) in [6, 6.07) is 12.5. The number of nitrogens with one attached hydrogen (secondary N) is 1. The smallest absolute Gasteiger partial charge is 0.193 e. The van der Waals surface area contributed by atoms with Crippen molar-refractivity contribution < 1.29 is 0 Å². The molecule has 0 aliphatic carbocycles. The fraction of sp³-hybridized carbons (Fsp3) is 0.474. The number of nitrogens with zero attached hydrogens (tertiary/aromatic N) is 3. The van der Waals surface area contributed by atoms with Crippen molar-refractivity contribution in [3.63, 3.8) is 0 Å². The highest BCUT2D eigenvalue weighted by molar-refractivity contribution is 8.00. The highest BCUT2D eigenvalue weighted by atomic mass is 32.2. The molecule has 0 radical (unpaired) electrons. The quantitative estimate of drug-likeness (QED) is 0.687. The number of fused-ring (bicyclic) bond motifs is 1. The second-order valence-electron chi connectivity index (χ2n) is 6.75. The molecule has 2 aromatic rings. The number of thioether (sulfide) groups is 1. The van der Waals surface area contributed by atoms with Gasteiger partial charge in [0.1, 0.15) is 0 Å². The molecule has 24 heavy (non-hydrogen) atoms. The van der Waals surface area contributed by atoms with Crippen LogP contribution in [0, 0.1) is 0 Å². The zero-order chi connectivity index (χ0) is 17.0. The van der Waals surface area contributed by atoms with Gasteiger partial charge in [-0.3, -0.25) is 9.98 Å². The Balaban J connectivity index is 1.57. The van der Waals surface area contributed by atoms with Crippen molar-refractivity contribution in [1.29, 1.82) is 0 Å². The van der Waals surface area contributed by atoms with Gasteiger partial charge in [0.15, 0.2) is 5.96 Å². The highest BCUT2D eigenvalue weighted by Gasteiger charge is 2.28. The maximum Gasteiger partial charge on any atom is 0.193 e. The van der Waals surface area contributed by atoms with Gasteiger partial charge in [0.05, 0.1) is 5.52 Å². The third-order valence-corrected chi connectivity index (χ3v) is 5.55. The van der Waals surface area contributed by atoms with Gasteiger partial charge in [-0.2, -0.15) is 11.8 Å². The fourth-order valence-corrected chi connectivity index (χ4v) is 4.19. The second-order valence-corrected chi connectivity index (χ2v) is 8.55. The molecule has 128 valence electrons. The molecule has 3 rings (SSSR count). The van der Waals surface area contributed by atoms with Crippen LogP contribution in [0.3, 0.4) is 0 Å². The molecular weight excluding hydrogens is 316 g/mol. The average molecular weight is 343 g/mol. The summed E-state index contributed by atoms with van der Waals surface area (Å²) in [7, 11) is 1.87. The van der Waals surface area contributed by atoms with Crippen LogP contribution in [0.2, 0.25) is 0 Å². The third kappa shape index (κ3) is 4.20. The molecule has 0 unspecified atom stereocenters. The molecule has 1 aliphatic rings. The van der Waals surface area contributed by atoms with E-state index in [1.807, 2.05) is 30.9 Å². The summed E-state index contributed by atoms with van der Waals surface area (Å²) in [5.74, 6) is 2.16. The Labute approximate surface area is 148 Å². The zero-order valence-corrected chi connectivity index (χ0v) is 15.6. The van der Waals surface area contributed by atoms with Crippen molar-refractivity contribution in [2.45, 2.75) is 25.0 Å². The maximum absolute atomic E-state index is 4.74. The largest absolute Gasteiger partial charge is 0.356 e. The van der Waals surface area contributed by atoms with Crippen molar-refractivity contribution in [2.75, 3.05) is 32.4 Å². The Morgan fingerprint density at radius 2 is 2.12 bits per heavy atom. The Morgan fingerprint density at radius 1 is 1.29 bits per heavy atom. The van der Waals surface area contributed by atoms with E-state index >= 15 is 0 Å². The molecule has 0 spiro atoms. The van der Waals surface area contributed by atoms with E-state index in [4.69, 9.17) is 4.98 Å². The number of aliphatic imine (C=N–C) groups is 1. The minimum atomic E-state index is 0.287. The summed E-state index contributed by atoms with van der Waals surface area (Å²) < 4.78 is 0.287. The Hall–Kier alpha value is -1.75. The van der Waals surface area contributed by atoms with Crippen molar-refractivity contribution in [2.24, 2.45) is 4.99 Å². The summed E-state index contributed by atoms with van der Waals surface area (Å²) in [6.07, 6.45) is 0.899. The monoisotopic (exact) mass is 342 g/mol. The van der Waals surface area contributed by atoms with Crippen LogP contribution in [0.5, 0.6) is 0 Å². The lowest BCUT2D eigenvalue weighted by atomic mass is 10.2. The Kier molecular flexibility index (Phi) is 5.29. The van der Waals surface area contributed by atoms with Crippen LogP contribution in [-0.4, -0.2) is 53.0 Å². The van der Waals surface area contributed by atoms with Gasteiger partial charge in [-0.25, -0.2) is 0 Å². The molecular formula is C19H26N4S. The van der Waals surface area contributed by atoms with E-state index in [0.717, 1.165) is 49.0 Å². The minimum absolute atomic E-state index is 0.287. The van der Waals surface area contributed by atoms with Gasteiger partial charge in [0, 0.05) is 54.7 Å². The van der Waals surface area contributed by atoms with Gasteiger partial charge in [-0.05, 0) is 26.0 Å². The SMILES string of the molecule is CN=C(NCCc1ccc2ccccc2n1)N1CCSC(C)(C)C1. The molecule has 2 heterocycles. The molecule has 0 saturated carbocycles. The van der Waals surface area contributed by atoms with E-state index in [1.54, 1.807) is 0 Å². The van der Waals surface area contributed by atoms with E-state index in [1.165, 1.54) is 5.39 Å². The van der Waals surface area contributed by atoms with Crippen molar-refractivity contribution in [3.8, 4) is 0 Å². The lowest BCUT2D eigenvalue weighted by Crippen LogP contribution is -2.51. The van der Waals surface area contributed by atoms with E-state index < -0.39 is 0 Å². The predicted molar refractivity (Wildman–Crippen MR) is 105 cm³/mol. The predicted octanol–water partition coefficient (Wildman–Crippen LogP) is 3.18. The van der Waals surface area contributed by atoms with Crippen molar-refractivity contribution in [3.05, 3.63) is 42.1 Å². The summed E-state index contributed by atoms with van der Waals surface area (Å²) in [5.41, 5.74) is 2.18. The molecule has 1 aliphatic heterocycles.